The van der Waals surface area contributed by atoms with Crippen molar-refractivity contribution in [3.8, 4) is 0 Å². The van der Waals surface area contributed by atoms with Crippen LogP contribution in [0.3, 0.4) is 0 Å². The molecule has 1 aliphatic carbocycles. The molecule has 1 aromatic rings. The van der Waals surface area contributed by atoms with E-state index >= 15 is 0 Å². The summed E-state index contributed by atoms with van der Waals surface area (Å²) in [4.78, 5) is 0. The molecule has 0 radical (unpaired) electrons. The monoisotopic (exact) mass is 309 g/mol. The average Bonchev–Trinajstić information content (AvgIpc) is 2.51. The van der Waals surface area contributed by atoms with E-state index in [4.69, 9.17) is 0 Å². The van der Waals surface area contributed by atoms with Gasteiger partial charge >= 0.3 is 0 Å². The van der Waals surface area contributed by atoms with Gasteiger partial charge in [0, 0.05) is 17.0 Å². The second kappa shape index (κ2) is 8.79. The average molecular weight is 309 g/mol. The molecule has 0 spiro atoms. The summed E-state index contributed by atoms with van der Waals surface area (Å²) in [6, 6.07) is 5.90. The maximum absolute atomic E-state index is 13.5. The number of benzene rings is 1. The minimum absolute atomic E-state index is 0.104. The maximum atomic E-state index is 13.5. The Balaban J connectivity index is 1.97. The van der Waals surface area contributed by atoms with E-state index < -0.39 is 0 Å². The van der Waals surface area contributed by atoms with Crippen LogP contribution < -0.4 is 5.32 Å². The fourth-order valence-electron chi connectivity index (χ4n) is 2.94. The van der Waals surface area contributed by atoms with Crippen LogP contribution in [0.4, 0.5) is 4.39 Å². The zero-order chi connectivity index (χ0) is 15.1. The highest BCUT2D eigenvalue weighted by Gasteiger charge is 2.18. The van der Waals surface area contributed by atoms with Gasteiger partial charge in [0.05, 0.1) is 0 Å². The standard InChI is InChI=1S/C18H28FNS/c1-3-11-20-18(13-21-16-7-5-4-6-8-16)15-9-10-17(19)14(2)12-15/h9-10,12,16,18,20H,3-8,11,13H2,1-2H3. The van der Waals surface area contributed by atoms with Crippen molar-refractivity contribution in [1.82, 2.24) is 5.32 Å². The smallest absolute Gasteiger partial charge is 0.126 e. The molecule has 0 amide bonds. The van der Waals surface area contributed by atoms with Gasteiger partial charge in [-0.2, -0.15) is 11.8 Å². The number of nitrogens with one attached hydrogen (secondary N) is 1. The number of aryl methyl sites for hydroxylation is 1. The number of hydrogen-bond acceptors (Lipinski definition) is 2. The highest BCUT2D eigenvalue weighted by molar-refractivity contribution is 7.99. The van der Waals surface area contributed by atoms with Gasteiger partial charge in [-0.05, 0) is 49.9 Å². The van der Waals surface area contributed by atoms with Crippen LogP contribution in [0.25, 0.3) is 0 Å². The molecular weight excluding hydrogens is 281 g/mol. The fraction of sp³-hybridized carbons (Fsp3) is 0.667. The van der Waals surface area contributed by atoms with Crippen LogP contribution in [0.5, 0.6) is 0 Å². The van der Waals surface area contributed by atoms with Crippen LogP contribution in [0.2, 0.25) is 0 Å². The molecule has 1 aliphatic rings. The van der Waals surface area contributed by atoms with Crippen molar-refractivity contribution in [2.45, 2.75) is 63.7 Å². The van der Waals surface area contributed by atoms with Crippen molar-refractivity contribution >= 4 is 11.8 Å². The number of halogens is 1. The molecule has 3 heteroatoms. The van der Waals surface area contributed by atoms with Gasteiger partial charge in [-0.15, -0.1) is 0 Å². The van der Waals surface area contributed by atoms with E-state index in [2.05, 4.69) is 24.0 Å². The van der Waals surface area contributed by atoms with E-state index in [-0.39, 0.29) is 5.82 Å². The van der Waals surface area contributed by atoms with Crippen LogP contribution in [0, 0.1) is 12.7 Å². The van der Waals surface area contributed by atoms with E-state index in [1.807, 2.05) is 19.1 Å². The Labute approximate surface area is 133 Å². The summed E-state index contributed by atoms with van der Waals surface area (Å²) in [6.45, 7) is 5.06. The molecule has 1 nitrogen and oxygen atoms in total. The second-order valence-electron chi connectivity index (χ2n) is 6.11. The molecule has 1 fully saturated rings. The third kappa shape index (κ3) is 5.30. The Morgan fingerprint density at radius 2 is 2.05 bits per heavy atom. The first kappa shape index (κ1) is 16.8. The van der Waals surface area contributed by atoms with Gasteiger partial charge in [-0.25, -0.2) is 4.39 Å². The van der Waals surface area contributed by atoms with E-state index in [0.717, 1.165) is 29.5 Å². The summed E-state index contributed by atoms with van der Waals surface area (Å²) in [6.07, 6.45) is 8.05. The number of thioether (sulfide) groups is 1. The number of hydrogen-bond donors (Lipinski definition) is 1. The van der Waals surface area contributed by atoms with Crippen molar-refractivity contribution in [2.75, 3.05) is 12.3 Å². The van der Waals surface area contributed by atoms with Crippen LogP contribution in [-0.2, 0) is 0 Å². The summed E-state index contributed by atoms with van der Waals surface area (Å²) in [7, 11) is 0. The Morgan fingerprint density at radius 3 is 2.71 bits per heavy atom. The summed E-state index contributed by atoms with van der Waals surface area (Å²) in [5, 5.41) is 4.45. The van der Waals surface area contributed by atoms with E-state index in [1.165, 1.54) is 37.7 Å². The lowest BCUT2D eigenvalue weighted by Gasteiger charge is -2.25. The first-order valence-electron chi connectivity index (χ1n) is 8.31. The molecule has 21 heavy (non-hydrogen) atoms. The predicted molar refractivity (Wildman–Crippen MR) is 91.5 cm³/mol. The molecule has 1 N–H and O–H groups in total. The van der Waals surface area contributed by atoms with Gasteiger partial charge in [-0.3, -0.25) is 0 Å². The van der Waals surface area contributed by atoms with Crippen LogP contribution in [-0.4, -0.2) is 17.5 Å². The molecule has 1 saturated carbocycles. The Morgan fingerprint density at radius 1 is 1.29 bits per heavy atom. The molecule has 0 bridgehead atoms. The summed E-state index contributed by atoms with van der Waals surface area (Å²) in [5.41, 5.74) is 1.98. The van der Waals surface area contributed by atoms with Gasteiger partial charge in [0.15, 0.2) is 0 Å². The fourth-order valence-corrected chi connectivity index (χ4v) is 4.38. The Kier molecular flexibility index (Phi) is 7.05. The third-order valence-corrected chi connectivity index (χ3v) is 5.74. The van der Waals surface area contributed by atoms with Crippen molar-refractivity contribution in [1.29, 1.82) is 0 Å². The van der Waals surface area contributed by atoms with E-state index in [1.54, 1.807) is 6.07 Å². The zero-order valence-corrected chi connectivity index (χ0v) is 14.1. The normalized spacial score (nSPS) is 17.9. The van der Waals surface area contributed by atoms with Crippen molar-refractivity contribution in [2.24, 2.45) is 0 Å². The molecule has 1 unspecified atom stereocenters. The summed E-state index contributed by atoms with van der Waals surface area (Å²) in [5.74, 6) is 0.989. The maximum Gasteiger partial charge on any atom is 0.126 e. The summed E-state index contributed by atoms with van der Waals surface area (Å²) < 4.78 is 13.5. The predicted octanol–water partition coefficient (Wildman–Crippen LogP) is 5.24. The SMILES string of the molecule is CCCNC(CSC1CCCCC1)c1ccc(F)c(C)c1. The molecule has 1 aromatic carbocycles. The first-order chi connectivity index (χ1) is 10.2. The quantitative estimate of drug-likeness (QED) is 0.739. The molecule has 0 aromatic heterocycles. The molecule has 0 aliphatic heterocycles. The highest BCUT2D eigenvalue weighted by Crippen LogP contribution is 2.31. The number of rotatable bonds is 7. The van der Waals surface area contributed by atoms with E-state index in [9.17, 15) is 4.39 Å². The van der Waals surface area contributed by atoms with Gasteiger partial charge in [0.1, 0.15) is 5.82 Å². The van der Waals surface area contributed by atoms with Gasteiger partial charge in [-0.1, -0.05) is 38.3 Å². The Hall–Kier alpha value is -0.540. The van der Waals surface area contributed by atoms with Crippen LogP contribution in [0.15, 0.2) is 18.2 Å². The third-order valence-electron chi connectivity index (χ3n) is 4.28. The van der Waals surface area contributed by atoms with E-state index in [0.29, 0.717) is 6.04 Å². The minimum atomic E-state index is -0.104. The van der Waals surface area contributed by atoms with Crippen molar-refractivity contribution in [3.05, 3.63) is 35.1 Å². The largest absolute Gasteiger partial charge is 0.309 e. The first-order valence-corrected chi connectivity index (χ1v) is 9.36. The highest BCUT2D eigenvalue weighted by atomic mass is 32.2. The van der Waals surface area contributed by atoms with Gasteiger partial charge < -0.3 is 5.32 Å². The minimum Gasteiger partial charge on any atom is -0.309 e. The molecule has 2 rings (SSSR count). The topological polar surface area (TPSA) is 12.0 Å². The molecular formula is C18H28FNS. The van der Waals surface area contributed by atoms with Crippen molar-refractivity contribution in [3.63, 3.8) is 0 Å². The lowest BCUT2D eigenvalue weighted by Crippen LogP contribution is -2.25. The van der Waals surface area contributed by atoms with Crippen molar-refractivity contribution < 1.29 is 4.39 Å². The Bertz CT molecular complexity index is 429. The molecule has 0 saturated heterocycles. The lowest BCUT2D eigenvalue weighted by atomic mass is 10.0. The van der Waals surface area contributed by atoms with Gasteiger partial charge in [0.2, 0.25) is 0 Å². The zero-order valence-electron chi connectivity index (χ0n) is 13.3. The molecule has 118 valence electrons. The molecule has 1 atom stereocenters. The van der Waals surface area contributed by atoms with Crippen LogP contribution >= 0.6 is 11.8 Å². The lowest BCUT2D eigenvalue weighted by molar-refractivity contribution is 0.513. The second-order valence-corrected chi connectivity index (χ2v) is 7.44. The summed E-state index contributed by atoms with van der Waals surface area (Å²) >= 11 is 2.10. The van der Waals surface area contributed by atoms with Gasteiger partial charge in [0.25, 0.3) is 0 Å². The molecule has 0 heterocycles. The van der Waals surface area contributed by atoms with Crippen LogP contribution in [0.1, 0.15) is 62.6 Å².